The standard InChI is InChI=1S/C12H16N2O2/c1-6(2)10-8-5-16-12(15)9(8)11(7(3)4)14-13-10/h6-7H,5H2,1-4H3. The highest BCUT2D eigenvalue weighted by Crippen LogP contribution is 2.31. The highest BCUT2D eigenvalue weighted by atomic mass is 16.5. The summed E-state index contributed by atoms with van der Waals surface area (Å²) in [6.07, 6.45) is 0. The van der Waals surface area contributed by atoms with Crippen molar-refractivity contribution in [3.8, 4) is 0 Å². The minimum absolute atomic E-state index is 0.188. The third-order valence-electron chi connectivity index (χ3n) is 2.78. The fourth-order valence-electron chi connectivity index (χ4n) is 1.95. The molecule has 0 aromatic carbocycles. The molecule has 0 bridgehead atoms. The first-order valence-electron chi connectivity index (χ1n) is 5.58. The van der Waals surface area contributed by atoms with Crippen LogP contribution in [0.25, 0.3) is 0 Å². The summed E-state index contributed by atoms with van der Waals surface area (Å²) in [6.45, 7) is 8.44. The molecule has 0 aliphatic carbocycles. The molecule has 86 valence electrons. The van der Waals surface area contributed by atoms with Crippen molar-refractivity contribution in [3.05, 3.63) is 22.5 Å². The van der Waals surface area contributed by atoms with Gasteiger partial charge >= 0.3 is 5.97 Å². The van der Waals surface area contributed by atoms with Gasteiger partial charge < -0.3 is 4.74 Å². The number of fused-ring (bicyclic) bond motifs is 1. The molecule has 0 saturated heterocycles. The molecular formula is C12H16N2O2. The Kier molecular flexibility index (Phi) is 2.66. The first-order chi connectivity index (χ1) is 7.52. The molecule has 0 atom stereocenters. The lowest BCUT2D eigenvalue weighted by Crippen LogP contribution is -2.10. The number of hydrogen-bond acceptors (Lipinski definition) is 4. The average Bonchev–Trinajstić information content (AvgIpc) is 2.59. The molecule has 0 saturated carbocycles. The van der Waals surface area contributed by atoms with Crippen molar-refractivity contribution < 1.29 is 9.53 Å². The Bertz CT molecular complexity index is 439. The van der Waals surface area contributed by atoms with Gasteiger partial charge in [-0.25, -0.2) is 4.79 Å². The minimum Gasteiger partial charge on any atom is -0.457 e. The van der Waals surface area contributed by atoms with Crippen LogP contribution in [0.15, 0.2) is 0 Å². The lowest BCUT2D eigenvalue weighted by Gasteiger charge is -2.11. The monoisotopic (exact) mass is 220 g/mol. The fourth-order valence-corrected chi connectivity index (χ4v) is 1.95. The van der Waals surface area contributed by atoms with E-state index in [1.54, 1.807) is 0 Å². The van der Waals surface area contributed by atoms with Gasteiger partial charge in [-0.15, -0.1) is 0 Å². The maximum Gasteiger partial charge on any atom is 0.340 e. The number of esters is 1. The molecule has 2 heterocycles. The van der Waals surface area contributed by atoms with E-state index in [9.17, 15) is 4.79 Å². The quantitative estimate of drug-likeness (QED) is 0.718. The predicted molar refractivity (Wildman–Crippen MR) is 59.3 cm³/mol. The first-order valence-corrected chi connectivity index (χ1v) is 5.58. The van der Waals surface area contributed by atoms with Crippen LogP contribution in [0.5, 0.6) is 0 Å². The van der Waals surface area contributed by atoms with Crippen LogP contribution in [0.4, 0.5) is 0 Å². The third kappa shape index (κ3) is 1.58. The van der Waals surface area contributed by atoms with E-state index >= 15 is 0 Å². The molecule has 1 aliphatic rings. The van der Waals surface area contributed by atoms with Crippen LogP contribution < -0.4 is 0 Å². The number of nitrogens with zero attached hydrogens (tertiary/aromatic N) is 2. The van der Waals surface area contributed by atoms with Crippen LogP contribution >= 0.6 is 0 Å². The Morgan fingerprint density at radius 3 is 2.19 bits per heavy atom. The van der Waals surface area contributed by atoms with Gasteiger partial charge in [-0.1, -0.05) is 27.7 Å². The second-order valence-electron chi connectivity index (χ2n) is 4.71. The second-order valence-corrected chi connectivity index (χ2v) is 4.71. The minimum atomic E-state index is -0.254. The second kappa shape index (κ2) is 3.85. The number of carbonyl (C=O) groups is 1. The summed E-state index contributed by atoms with van der Waals surface area (Å²) in [4.78, 5) is 11.7. The lowest BCUT2D eigenvalue weighted by molar-refractivity contribution is 0.0533. The van der Waals surface area contributed by atoms with E-state index in [0.717, 1.165) is 17.0 Å². The van der Waals surface area contributed by atoms with Crippen LogP contribution in [-0.2, 0) is 11.3 Å². The van der Waals surface area contributed by atoms with Gasteiger partial charge in [0.25, 0.3) is 0 Å². The summed E-state index contributed by atoms with van der Waals surface area (Å²) in [5, 5.41) is 8.39. The van der Waals surface area contributed by atoms with Crippen molar-refractivity contribution in [3.63, 3.8) is 0 Å². The summed E-state index contributed by atoms with van der Waals surface area (Å²) in [5.74, 6) is 0.195. The average molecular weight is 220 g/mol. The summed E-state index contributed by atoms with van der Waals surface area (Å²) in [5.41, 5.74) is 3.21. The zero-order valence-electron chi connectivity index (χ0n) is 10.1. The zero-order valence-corrected chi connectivity index (χ0v) is 10.1. The maximum absolute atomic E-state index is 11.7. The van der Waals surface area contributed by atoms with Gasteiger partial charge in [0.1, 0.15) is 6.61 Å². The lowest BCUT2D eigenvalue weighted by atomic mass is 9.96. The SMILES string of the molecule is CC(C)c1nnc(C(C)C)c2c1COC2=O. The molecule has 0 N–H and O–H groups in total. The Balaban J connectivity index is 2.64. The van der Waals surface area contributed by atoms with Crippen LogP contribution in [0.2, 0.25) is 0 Å². The highest BCUT2D eigenvalue weighted by molar-refractivity contribution is 5.94. The molecule has 1 aromatic heterocycles. The number of aromatic nitrogens is 2. The molecule has 2 rings (SSSR count). The van der Waals surface area contributed by atoms with Gasteiger partial charge in [0, 0.05) is 5.56 Å². The molecule has 0 unspecified atom stereocenters. The van der Waals surface area contributed by atoms with E-state index in [-0.39, 0.29) is 17.8 Å². The summed E-state index contributed by atoms with van der Waals surface area (Å²) < 4.78 is 5.09. The number of carbonyl (C=O) groups excluding carboxylic acids is 1. The molecule has 0 amide bonds. The number of ether oxygens (including phenoxy) is 1. The third-order valence-corrected chi connectivity index (χ3v) is 2.78. The van der Waals surface area contributed by atoms with Crippen molar-refractivity contribution in [2.24, 2.45) is 0 Å². The Hall–Kier alpha value is -1.45. The van der Waals surface area contributed by atoms with Crippen molar-refractivity contribution in [1.82, 2.24) is 10.2 Å². The van der Waals surface area contributed by atoms with E-state index < -0.39 is 0 Å². The van der Waals surface area contributed by atoms with Crippen LogP contribution in [0.3, 0.4) is 0 Å². The van der Waals surface area contributed by atoms with Crippen molar-refractivity contribution in [1.29, 1.82) is 0 Å². The fraction of sp³-hybridized carbons (Fsp3) is 0.583. The van der Waals surface area contributed by atoms with Gasteiger partial charge in [0.2, 0.25) is 0 Å². The van der Waals surface area contributed by atoms with Gasteiger partial charge in [-0.3, -0.25) is 0 Å². The molecule has 1 aliphatic heterocycles. The van der Waals surface area contributed by atoms with Crippen molar-refractivity contribution in [2.75, 3.05) is 0 Å². The Morgan fingerprint density at radius 1 is 1.06 bits per heavy atom. The summed E-state index contributed by atoms with van der Waals surface area (Å²) in [7, 11) is 0. The summed E-state index contributed by atoms with van der Waals surface area (Å²) in [6, 6.07) is 0. The molecule has 4 heteroatoms. The summed E-state index contributed by atoms with van der Waals surface area (Å²) >= 11 is 0. The maximum atomic E-state index is 11.7. The number of hydrogen-bond donors (Lipinski definition) is 0. The molecule has 4 nitrogen and oxygen atoms in total. The van der Waals surface area contributed by atoms with E-state index in [4.69, 9.17) is 4.74 Å². The largest absolute Gasteiger partial charge is 0.457 e. The van der Waals surface area contributed by atoms with Crippen LogP contribution in [0, 0.1) is 0 Å². The van der Waals surface area contributed by atoms with E-state index in [0.29, 0.717) is 12.2 Å². The predicted octanol–water partition coefficient (Wildman–Crippen LogP) is 2.39. The molecule has 16 heavy (non-hydrogen) atoms. The molecule has 0 spiro atoms. The first kappa shape index (κ1) is 11.0. The van der Waals surface area contributed by atoms with Crippen LogP contribution in [0.1, 0.15) is 66.8 Å². The highest BCUT2D eigenvalue weighted by Gasteiger charge is 2.31. The molecule has 1 aromatic rings. The molecule has 0 radical (unpaired) electrons. The number of rotatable bonds is 2. The van der Waals surface area contributed by atoms with Crippen LogP contribution in [-0.4, -0.2) is 16.2 Å². The molecule has 0 fully saturated rings. The van der Waals surface area contributed by atoms with Gasteiger partial charge in [0.05, 0.1) is 17.0 Å². The van der Waals surface area contributed by atoms with Crippen molar-refractivity contribution >= 4 is 5.97 Å². The van der Waals surface area contributed by atoms with E-state index in [1.807, 2.05) is 27.7 Å². The smallest absolute Gasteiger partial charge is 0.340 e. The van der Waals surface area contributed by atoms with Gasteiger partial charge in [-0.2, -0.15) is 10.2 Å². The van der Waals surface area contributed by atoms with Crippen molar-refractivity contribution in [2.45, 2.75) is 46.1 Å². The normalized spacial score (nSPS) is 14.5. The van der Waals surface area contributed by atoms with E-state index in [1.165, 1.54) is 0 Å². The van der Waals surface area contributed by atoms with Gasteiger partial charge in [-0.05, 0) is 11.8 Å². The zero-order chi connectivity index (χ0) is 11.9. The topological polar surface area (TPSA) is 52.1 Å². The molecular weight excluding hydrogens is 204 g/mol. The Morgan fingerprint density at radius 2 is 1.62 bits per heavy atom. The number of cyclic esters (lactones) is 1. The van der Waals surface area contributed by atoms with E-state index in [2.05, 4.69) is 10.2 Å². The Labute approximate surface area is 95.0 Å². The van der Waals surface area contributed by atoms with Gasteiger partial charge in [0.15, 0.2) is 0 Å².